The van der Waals surface area contributed by atoms with Crippen LogP contribution in [0.25, 0.3) is 11.4 Å². The van der Waals surface area contributed by atoms with Crippen LogP contribution in [-0.2, 0) is 6.54 Å². The molecule has 27 heavy (non-hydrogen) atoms. The van der Waals surface area contributed by atoms with Crippen molar-refractivity contribution in [2.45, 2.75) is 26.4 Å². The third-order valence-electron chi connectivity index (χ3n) is 4.45. The first-order chi connectivity index (χ1) is 13.1. The third-order valence-corrected chi connectivity index (χ3v) is 4.45. The SMILES string of the molecule is CC(C)N(C)c1nc(-c2ccccc2)ncc1C(=O)NCc1ccccc1. The summed E-state index contributed by atoms with van der Waals surface area (Å²) in [5, 5.41) is 2.96. The van der Waals surface area contributed by atoms with Gasteiger partial charge in [0.25, 0.3) is 5.91 Å². The summed E-state index contributed by atoms with van der Waals surface area (Å²) in [5.41, 5.74) is 2.44. The Morgan fingerprint density at radius 2 is 1.67 bits per heavy atom. The number of hydrogen-bond acceptors (Lipinski definition) is 4. The first kappa shape index (κ1) is 18.6. The zero-order valence-corrected chi connectivity index (χ0v) is 15.9. The van der Waals surface area contributed by atoms with E-state index in [9.17, 15) is 4.79 Å². The van der Waals surface area contributed by atoms with Crippen LogP contribution in [0.3, 0.4) is 0 Å². The van der Waals surface area contributed by atoms with Crippen LogP contribution in [0.15, 0.2) is 66.9 Å². The Bertz CT molecular complexity index is 895. The zero-order chi connectivity index (χ0) is 19.2. The molecule has 1 N–H and O–H groups in total. The molecule has 0 saturated heterocycles. The highest BCUT2D eigenvalue weighted by atomic mass is 16.1. The van der Waals surface area contributed by atoms with Crippen LogP contribution in [0.4, 0.5) is 5.82 Å². The molecule has 138 valence electrons. The first-order valence-corrected chi connectivity index (χ1v) is 9.03. The molecule has 0 unspecified atom stereocenters. The predicted molar refractivity (Wildman–Crippen MR) is 109 cm³/mol. The maximum atomic E-state index is 12.8. The largest absolute Gasteiger partial charge is 0.356 e. The molecule has 0 spiro atoms. The lowest BCUT2D eigenvalue weighted by Crippen LogP contribution is -2.31. The zero-order valence-electron chi connectivity index (χ0n) is 15.9. The molecule has 1 heterocycles. The number of anilines is 1. The summed E-state index contributed by atoms with van der Waals surface area (Å²) in [5.74, 6) is 1.06. The van der Waals surface area contributed by atoms with Crippen molar-refractivity contribution in [3.8, 4) is 11.4 Å². The monoisotopic (exact) mass is 360 g/mol. The van der Waals surface area contributed by atoms with Crippen LogP contribution in [-0.4, -0.2) is 29.0 Å². The number of aromatic nitrogens is 2. The second kappa shape index (κ2) is 8.45. The topological polar surface area (TPSA) is 58.1 Å². The van der Waals surface area contributed by atoms with Crippen LogP contribution in [0.2, 0.25) is 0 Å². The molecule has 0 aliphatic heterocycles. The van der Waals surface area contributed by atoms with Gasteiger partial charge in [-0.1, -0.05) is 60.7 Å². The van der Waals surface area contributed by atoms with Crippen molar-refractivity contribution >= 4 is 11.7 Å². The van der Waals surface area contributed by atoms with Crippen molar-refractivity contribution < 1.29 is 4.79 Å². The summed E-state index contributed by atoms with van der Waals surface area (Å²) < 4.78 is 0. The van der Waals surface area contributed by atoms with Gasteiger partial charge in [0.05, 0.1) is 0 Å². The number of nitrogens with one attached hydrogen (secondary N) is 1. The fourth-order valence-electron chi connectivity index (χ4n) is 2.65. The van der Waals surface area contributed by atoms with Crippen LogP contribution in [0.5, 0.6) is 0 Å². The maximum absolute atomic E-state index is 12.8. The van der Waals surface area contributed by atoms with E-state index in [0.29, 0.717) is 23.8 Å². The number of carbonyl (C=O) groups excluding carboxylic acids is 1. The molecule has 0 bridgehead atoms. The molecule has 0 radical (unpaired) electrons. The average molecular weight is 360 g/mol. The minimum Gasteiger partial charge on any atom is -0.356 e. The molecule has 1 amide bonds. The molecular weight excluding hydrogens is 336 g/mol. The standard InChI is InChI=1S/C22H24N4O/c1-16(2)26(3)21-19(22(27)24-14-17-10-6-4-7-11-17)15-23-20(25-21)18-12-8-5-9-13-18/h4-13,15-16H,14H2,1-3H3,(H,24,27). The maximum Gasteiger partial charge on any atom is 0.256 e. The van der Waals surface area contributed by atoms with Gasteiger partial charge in [-0.3, -0.25) is 4.79 Å². The van der Waals surface area contributed by atoms with Crippen molar-refractivity contribution in [1.82, 2.24) is 15.3 Å². The Labute approximate surface area is 160 Å². The molecule has 0 fully saturated rings. The van der Waals surface area contributed by atoms with E-state index in [0.717, 1.165) is 11.1 Å². The van der Waals surface area contributed by atoms with E-state index in [-0.39, 0.29) is 11.9 Å². The van der Waals surface area contributed by atoms with Crippen molar-refractivity contribution in [3.05, 3.63) is 78.0 Å². The Kier molecular flexibility index (Phi) is 5.81. The lowest BCUT2D eigenvalue weighted by molar-refractivity contribution is 0.0950. The predicted octanol–water partition coefficient (Wildman–Crippen LogP) is 3.92. The van der Waals surface area contributed by atoms with Gasteiger partial charge in [-0.2, -0.15) is 0 Å². The molecule has 0 saturated carbocycles. The van der Waals surface area contributed by atoms with Gasteiger partial charge >= 0.3 is 0 Å². The van der Waals surface area contributed by atoms with Gasteiger partial charge in [-0.05, 0) is 19.4 Å². The molecule has 0 atom stereocenters. The van der Waals surface area contributed by atoms with Crippen LogP contribution < -0.4 is 10.2 Å². The summed E-state index contributed by atoms with van der Waals surface area (Å²) >= 11 is 0. The Morgan fingerprint density at radius 1 is 1.04 bits per heavy atom. The fraction of sp³-hybridized carbons (Fsp3) is 0.227. The number of benzene rings is 2. The minimum absolute atomic E-state index is 0.180. The molecule has 5 nitrogen and oxygen atoms in total. The van der Waals surface area contributed by atoms with E-state index in [1.54, 1.807) is 6.20 Å². The van der Waals surface area contributed by atoms with E-state index in [1.165, 1.54) is 0 Å². The van der Waals surface area contributed by atoms with E-state index in [2.05, 4.69) is 24.1 Å². The van der Waals surface area contributed by atoms with Crippen molar-refractivity contribution in [2.75, 3.05) is 11.9 Å². The van der Waals surface area contributed by atoms with Gasteiger partial charge in [0.15, 0.2) is 5.82 Å². The van der Waals surface area contributed by atoms with E-state index in [1.807, 2.05) is 72.6 Å². The third kappa shape index (κ3) is 4.50. The van der Waals surface area contributed by atoms with Gasteiger partial charge in [-0.25, -0.2) is 9.97 Å². The number of hydrogen-bond donors (Lipinski definition) is 1. The van der Waals surface area contributed by atoms with Crippen LogP contribution >= 0.6 is 0 Å². The smallest absolute Gasteiger partial charge is 0.256 e. The Morgan fingerprint density at radius 3 is 2.30 bits per heavy atom. The van der Waals surface area contributed by atoms with Gasteiger partial charge in [-0.15, -0.1) is 0 Å². The quantitative estimate of drug-likeness (QED) is 0.724. The van der Waals surface area contributed by atoms with E-state index >= 15 is 0 Å². The lowest BCUT2D eigenvalue weighted by Gasteiger charge is -2.25. The highest BCUT2D eigenvalue weighted by Crippen LogP contribution is 2.23. The Hall–Kier alpha value is -3.21. The molecular formula is C22H24N4O. The highest BCUT2D eigenvalue weighted by Gasteiger charge is 2.19. The van der Waals surface area contributed by atoms with Gasteiger partial charge in [0.2, 0.25) is 0 Å². The lowest BCUT2D eigenvalue weighted by atomic mass is 10.2. The number of rotatable bonds is 6. The van der Waals surface area contributed by atoms with E-state index in [4.69, 9.17) is 4.98 Å². The van der Waals surface area contributed by atoms with Crippen molar-refractivity contribution in [2.24, 2.45) is 0 Å². The van der Waals surface area contributed by atoms with Crippen molar-refractivity contribution in [1.29, 1.82) is 0 Å². The average Bonchev–Trinajstić information content (AvgIpc) is 2.72. The van der Waals surface area contributed by atoms with Gasteiger partial charge < -0.3 is 10.2 Å². The molecule has 3 aromatic rings. The summed E-state index contributed by atoms with van der Waals surface area (Å²) in [6.45, 7) is 4.59. The molecule has 0 aliphatic carbocycles. The second-order valence-electron chi connectivity index (χ2n) is 6.67. The second-order valence-corrected chi connectivity index (χ2v) is 6.67. The summed E-state index contributed by atoms with van der Waals surface area (Å²) in [6.07, 6.45) is 1.61. The summed E-state index contributed by atoms with van der Waals surface area (Å²) in [4.78, 5) is 23.9. The molecule has 1 aromatic heterocycles. The van der Waals surface area contributed by atoms with Crippen molar-refractivity contribution in [3.63, 3.8) is 0 Å². The normalized spacial score (nSPS) is 10.7. The summed E-state index contributed by atoms with van der Waals surface area (Å²) in [7, 11) is 1.94. The number of amides is 1. The summed E-state index contributed by atoms with van der Waals surface area (Å²) in [6, 6.07) is 19.8. The molecule has 5 heteroatoms. The molecule has 3 rings (SSSR count). The molecule has 0 aliphatic rings. The first-order valence-electron chi connectivity index (χ1n) is 9.03. The minimum atomic E-state index is -0.180. The molecule has 2 aromatic carbocycles. The highest BCUT2D eigenvalue weighted by molar-refractivity contribution is 5.98. The van der Waals surface area contributed by atoms with Crippen LogP contribution in [0.1, 0.15) is 29.8 Å². The Balaban J connectivity index is 1.90. The van der Waals surface area contributed by atoms with Gasteiger partial charge in [0.1, 0.15) is 11.4 Å². The number of nitrogens with zero attached hydrogens (tertiary/aromatic N) is 3. The fourth-order valence-corrected chi connectivity index (χ4v) is 2.65. The van der Waals surface area contributed by atoms with Gasteiger partial charge in [0, 0.05) is 31.4 Å². The van der Waals surface area contributed by atoms with Crippen LogP contribution in [0, 0.1) is 0 Å². The number of carbonyl (C=O) groups is 1. The van der Waals surface area contributed by atoms with E-state index < -0.39 is 0 Å².